The first-order valence-electron chi connectivity index (χ1n) is 6.04. The molecule has 19 heavy (non-hydrogen) atoms. The fourth-order valence-corrected chi connectivity index (χ4v) is 1.84. The highest BCUT2D eigenvalue weighted by Gasteiger charge is 2.06. The zero-order chi connectivity index (χ0) is 13.8. The largest absolute Gasteiger partial charge is 0.489 e. The van der Waals surface area contributed by atoms with Crippen molar-refractivity contribution >= 4 is 21.6 Å². The predicted molar refractivity (Wildman–Crippen MR) is 80.8 cm³/mol. The van der Waals surface area contributed by atoms with E-state index in [1.54, 1.807) is 12.1 Å². The molecule has 100 valence electrons. The Morgan fingerprint density at radius 1 is 1.00 bits per heavy atom. The first-order chi connectivity index (χ1) is 9.04. The van der Waals surface area contributed by atoms with Gasteiger partial charge in [-0.3, -0.25) is 0 Å². The van der Waals surface area contributed by atoms with Crippen LogP contribution >= 0.6 is 15.9 Å². The molecule has 0 spiro atoms. The van der Waals surface area contributed by atoms with Crippen molar-refractivity contribution in [3.8, 4) is 17.2 Å². The molecule has 0 fully saturated rings. The van der Waals surface area contributed by atoms with E-state index in [0.29, 0.717) is 17.2 Å². The van der Waals surface area contributed by atoms with E-state index in [1.807, 2.05) is 44.2 Å². The van der Waals surface area contributed by atoms with Crippen molar-refractivity contribution in [3.63, 3.8) is 0 Å². The maximum absolute atomic E-state index is 5.86. The summed E-state index contributed by atoms with van der Waals surface area (Å²) in [5.74, 6) is 2.11. The van der Waals surface area contributed by atoms with Gasteiger partial charge in [0.05, 0.1) is 11.8 Å². The van der Waals surface area contributed by atoms with E-state index < -0.39 is 0 Å². The molecule has 2 rings (SSSR count). The summed E-state index contributed by atoms with van der Waals surface area (Å²) in [6.07, 6.45) is 0.0743. The Hall–Kier alpha value is -1.68. The molecule has 0 heterocycles. The molecule has 0 bridgehead atoms. The van der Waals surface area contributed by atoms with Crippen LogP contribution in [0.15, 0.2) is 46.9 Å². The molecule has 2 aromatic carbocycles. The average Bonchev–Trinajstić information content (AvgIpc) is 2.36. The number of ether oxygens (including phenoxy) is 2. The molecule has 0 amide bonds. The third-order valence-corrected chi connectivity index (χ3v) is 2.93. The second kappa shape index (κ2) is 5.97. The molecule has 3 nitrogen and oxygen atoms in total. The standard InChI is InChI=1S/C15H16BrNO2/c1-10(2)18-15-9-13(7-8-14(15)17)19-12-5-3-11(16)4-6-12/h3-10H,17H2,1-2H3. The molecule has 0 unspecified atom stereocenters. The van der Waals surface area contributed by atoms with Crippen LogP contribution in [0, 0.1) is 0 Å². The molecule has 0 saturated heterocycles. The van der Waals surface area contributed by atoms with E-state index in [4.69, 9.17) is 15.2 Å². The van der Waals surface area contributed by atoms with Crippen LogP contribution in [-0.2, 0) is 0 Å². The zero-order valence-corrected chi connectivity index (χ0v) is 12.5. The number of rotatable bonds is 4. The van der Waals surface area contributed by atoms with Crippen LogP contribution in [0.5, 0.6) is 17.2 Å². The number of hydrogen-bond acceptors (Lipinski definition) is 3. The van der Waals surface area contributed by atoms with E-state index in [2.05, 4.69) is 15.9 Å². The van der Waals surface area contributed by atoms with Gasteiger partial charge >= 0.3 is 0 Å². The van der Waals surface area contributed by atoms with Gasteiger partial charge in [0, 0.05) is 10.5 Å². The minimum Gasteiger partial charge on any atom is -0.489 e. The van der Waals surface area contributed by atoms with Gasteiger partial charge in [0.2, 0.25) is 0 Å². The Balaban J connectivity index is 2.18. The summed E-state index contributed by atoms with van der Waals surface area (Å²) >= 11 is 3.39. The average molecular weight is 322 g/mol. The van der Waals surface area contributed by atoms with Crippen LogP contribution in [0.2, 0.25) is 0 Å². The number of hydrogen-bond donors (Lipinski definition) is 1. The summed E-state index contributed by atoms with van der Waals surface area (Å²) in [5, 5.41) is 0. The van der Waals surface area contributed by atoms with Crippen LogP contribution in [0.4, 0.5) is 5.69 Å². The van der Waals surface area contributed by atoms with Gasteiger partial charge in [-0.15, -0.1) is 0 Å². The third-order valence-electron chi connectivity index (χ3n) is 2.40. The smallest absolute Gasteiger partial charge is 0.146 e. The van der Waals surface area contributed by atoms with Gasteiger partial charge < -0.3 is 15.2 Å². The zero-order valence-electron chi connectivity index (χ0n) is 10.9. The van der Waals surface area contributed by atoms with Crippen LogP contribution in [-0.4, -0.2) is 6.10 Å². The highest BCUT2D eigenvalue weighted by molar-refractivity contribution is 9.10. The van der Waals surface area contributed by atoms with Gasteiger partial charge in [0.1, 0.15) is 17.2 Å². The molecule has 0 saturated carbocycles. The van der Waals surface area contributed by atoms with E-state index in [9.17, 15) is 0 Å². The van der Waals surface area contributed by atoms with Crippen molar-refractivity contribution in [2.75, 3.05) is 5.73 Å². The van der Waals surface area contributed by atoms with Crippen molar-refractivity contribution in [1.82, 2.24) is 0 Å². The molecule has 2 N–H and O–H groups in total. The van der Waals surface area contributed by atoms with Gasteiger partial charge in [0.15, 0.2) is 0 Å². The lowest BCUT2D eigenvalue weighted by molar-refractivity contribution is 0.243. The van der Waals surface area contributed by atoms with Crippen molar-refractivity contribution in [1.29, 1.82) is 0 Å². The second-order valence-electron chi connectivity index (χ2n) is 4.42. The molecule has 0 aliphatic rings. The summed E-state index contributed by atoms with van der Waals surface area (Å²) in [5.41, 5.74) is 6.47. The van der Waals surface area contributed by atoms with Crippen LogP contribution in [0.3, 0.4) is 0 Å². The van der Waals surface area contributed by atoms with E-state index >= 15 is 0 Å². The third kappa shape index (κ3) is 3.89. The molecular weight excluding hydrogens is 306 g/mol. The van der Waals surface area contributed by atoms with E-state index in [1.165, 1.54) is 0 Å². The lowest BCUT2D eigenvalue weighted by Gasteiger charge is -2.13. The maximum atomic E-state index is 5.86. The molecule has 0 radical (unpaired) electrons. The minimum atomic E-state index is 0.0743. The molecule has 0 aliphatic heterocycles. The first kappa shape index (κ1) is 13.7. The van der Waals surface area contributed by atoms with Gasteiger partial charge in [-0.1, -0.05) is 15.9 Å². The van der Waals surface area contributed by atoms with Gasteiger partial charge in [-0.2, -0.15) is 0 Å². The fraction of sp³-hybridized carbons (Fsp3) is 0.200. The van der Waals surface area contributed by atoms with Gasteiger partial charge in [0.25, 0.3) is 0 Å². The Bertz CT molecular complexity index is 553. The van der Waals surface area contributed by atoms with Crippen molar-refractivity contribution < 1.29 is 9.47 Å². The molecule has 0 atom stereocenters. The summed E-state index contributed by atoms with van der Waals surface area (Å²) in [6.45, 7) is 3.92. The summed E-state index contributed by atoms with van der Waals surface area (Å²) in [7, 11) is 0. The number of nitrogens with two attached hydrogens (primary N) is 1. The normalized spacial score (nSPS) is 10.5. The lowest BCUT2D eigenvalue weighted by Crippen LogP contribution is -2.07. The molecule has 4 heteroatoms. The molecule has 2 aromatic rings. The quantitative estimate of drug-likeness (QED) is 0.836. The minimum absolute atomic E-state index is 0.0743. The number of halogens is 1. The van der Waals surface area contributed by atoms with Crippen LogP contribution in [0.25, 0.3) is 0 Å². The maximum Gasteiger partial charge on any atom is 0.146 e. The number of nitrogen functional groups attached to an aromatic ring is 1. The van der Waals surface area contributed by atoms with E-state index in [-0.39, 0.29) is 6.10 Å². The van der Waals surface area contributed by atoms with Crippen molar-refractivity contribution in [3.05, 3.63) is 46.9 Å². The summed E-state index contributed by atoms with van der Waals surface area (Å²) in [6, 6.07) is 13.1. The Kier molecular flexibility index (Phi) is 4.32. The Morgan fingerprint density at radius 3 is 2.26 bits per heavy atom. The monoisotopic (exact) mass is 321 g/mol. The highest BCUT2D eigenvalue weighted by atomic mass is 79.9. The highest BCUT2D eigenvalue weighted by Crippen LogP contribution is 2.31. The lowest BCUT2D eigenvalue weighted by atomic mass is 10.2. The van der Waals surface area contributed by atoms with Crippen molar-refractivity contribution in [2.45, 2.75) is 20.0 Å². The van der Waals surface area contributed by atoms with E-state index in [0.717, 1.165) is 10.2 Å². The molecular formula is C15H16BrNO2. The molecule has 0 aliphatic carbocycles. The second-order valence-corrected chi connectivity index (χ2v) is 5.34. The Morgan fingerprint density at radius 2 is 1.63 bits per heavy atom. The fourth-order valence-electron chi connectivity index (χ4n) is 1.57. The predicted octanol–water partition coefficient (Wildman–Crippen LogP) is 4.61. The first-order valence-corrected chi connectivity index (χ1v) is 6.83. The Labute approximate surface area is 121 Å². The van der Waals surface area contributed by atoms with Crippen molar-refractivity contribution in [2.24, 2.45) is 0 Å². The summed E-state index contributed by atoms with van der Waals surface area (Å²) < 4.78 is 12.4. The summed E-state index contributed by atoms with van der Waals surface area (Å²) in [4.78, 5) is 0. The number of benzene rings is 2. The van der Waals surface area contributed by atoms with Crippen LogP contribution in [0.1, 0.15) is 13.8 Å². The van der Waals surface area contributed by atoms with Crippen LogP contribution < -0.4 is 15.2 Å². The topological polar surface area (TPSA) is 44.5 Å². The van der Waals surface area contributed by atoms with Gasteiger partial charge in [-0.25, -0.2) is 0 Å². The molecule has 0 aromatic heterocycles. The number of anilines is 1. The SMILES string of the molecule is CC(C)Oc1cc(Oc2ccc(Br)cc2)ccc1N. The van der Waals surface area contributed by atoms with Gasteiger partial charge in [-0.05, 0) is 50.2 Å².